The fourth-order valence-electron chi connectivity index (χ4n) is 2.03. The standard InChI is InChI=1S/C14H9ClF2N2/c15-7-12-14(9-1-3-10(16)4-2-9)18-13-6-5-11(17)8-19(12)13/h1-6,8H,7H2. The minimum absolute atomic E-state index is 0.192. The number of rotatable bonds is 2. The summed E-state index contributed by atoms with van der Waals surface area (Å²) in [5, 5.41) is 0. The van der Waals surface area contributed by atoms with Crippen LogP contribution in [0.1, 0.15) is 5.69 Å². The highest BCUT2D eigenvalue weighted by Gasteiger charge is 2.13. The van der Waals surface area contributed by atoms with Gasteiger partial charge < -0.3 is 0 Å². The number of aromatic nitrogens is 2. The second kappa shape index (κ2) is 4.63. The van der Waals surface area contributed by atoms with Gasteiger partial charge in [-0.15, -0.1) is 11.6 Å². The number of imidazole rings is 1. The van der Waals surface area contributed by atoms with E-state index in [1.165, 1.54) is 24.4 Å². The molecule has 2 nitrogen and oxygen atoms in total. The largest absolute Gasteiger partial charge is 0.299 e. The summed E-state index contributed by atoms with van der Waals surface area (Å²) >= 11 is 5.93. The van der Waals surface area contributed by atoms with E-state index in [0.29, 0.717) is 17.0 Å². The highest BCUT2D eigenvalue weighted by Crippen LogP contribution is 2.26. The van der Waals surface area contributed by atoms with Crippen LogP contribution in [0.25, 0.3) is 16.9 Å². The van der Waals surface area contributed by atoms with E-state index in [2.05, 4.69) is 4.98 Å². The SMILES string of the molecule is Fc1ccc(-c2nc3ccc(F)cn3c2CCl)cc1. The van der Waals surface area contributed by atoms with Crippen molar-refractivity contribution in [2.24, 2.45) is 0 Å². The monoisotopic (exact) mass is 278 g/mol. The maximum Gasteiger partial charge on any atom is 0.139 e. The van der Waals surface area contributed by atoms with Gasteiger partial charge in [-0.2, -0.15) is 0 Å². The lowest BCUT2D eigenvalue weighted by Gasteiger charge is -2.01. The minimum atomic E-state index is -0.359. The van der Waals surface area contributed by atoms with Gasteiger partial charge in [-0.1, -0.05) is 0 Å². The van der Waals surface area contributed by atoms with E-state index < -0.39 is 0 Å². The number of hydrogen-bond acceptors (Lipinski definition) is 1. The first kappa shape index (κ1) is 12.1. The van der Waals surface area contributed by atoms with Crippen LogP contribution in [0.4, 0.5) is 8.78 Å². The molecule has 0 spiro atoms. The number of hydrogen-bond donors (Lipinski definition) is 0. The molecule has 2 heterocycles. The molecule has 5 heteroatoms. The van der Waals surface area contributed by atoms with Crippen molar-refractivity contribution in [2.45, 2.75) is 5.88 Å². The van der Waals surface area contributed by atoms with Crippen molar-refractivity contribution in [3.63, 3.8) is 0 Å². The van der Waals surface area contributed by atoms with Crippen LogP contribution < -0.4 is 0 Å². The molecule has 0 atom stereocenters. The summed E-state index contributed by atoms with van der Waals surface area (Å²) in [4.78, 5) is 4.41. The Bertz CT molecular complexity index is 735. The van der Waals surface area contributed by atoms with Crippen LogP contribution in [0.3, 0.4) is 0 Å². The van der Waals surface area contributed by atoms with Gasteiger partial charge in [-0.3, -0.25) is 4.40 Å². The third-order valence-corrected chi connectivity index (χ3v) is 3.18. The van der Waals surface area contributed by atoms with E-state index in [-0.39, 0.29) is 17.5 Å². The van der Waals surface area contributed by atoms with Gasteiger partial charge in [0.05, 0.1) is 17.3 Å². The summed E-state index contributed by atoms with van der Waals surface area (Å²) < 4.78 is 27.8. The third kappa shape index (κ3) is 2.08. The van der Waals surface area contributed by atoms with Crippen LogP contribution in [0.15, 0.2) is 42.6 Å². The van der Waals surface area contributed by atoms with Gasteiger partial charge in [0.25, 0.3) is 0 Å². The lowest BCUT2D eigenvalue weighted by atomic mass is 10.1. The molecule has 96 valence electrons. The fraction of sp³-hybridized carbons (Fsp3) is 0.0714. The number of pyridine rings is 1. The Morgan fingerprint density at radius 1 is 1.00 bits per heavy atom. The van der Waals surface area contributed by atoms with Crippen molar-refractivity contribution >= 4 is 17.2 Å². The van der Waals surface area contributed by atoms with Crippen LogP contribution in [-0.2, 0) is 5.88 Å². The first-order valence-electron chi connectivity index (χ1n) is 5.67. The van der Waals surface area contributed by atoms with Crippen LogP contribution in [0, 0.1) is 11.6 Å². The second-order valence-electron chi connectivity index (χ2n) is 4.12. The van der Waals surface area contributed by atoms with Gasteiger partial charge >= 0.3 is 0 Å². The Kier molecular flexibility index (Phi) is 2.95. The predicted molar refractivity (Wildman–Crippen MR) is 70.1 cm³/mol. The molecule has 0 aliphatic carbocycles. The summed E-state index contributed by atoms with van der Waals surface area (Å²) in [5.41, 5.74) is 2.68. The zero-order chi connectivity index (χ0) is 13.4. The van der Waals surface area contributed by atoms with Gasteiger partial charge in [0, 0.05) is 11.8 Å². The number of fused-ring (bicyclic) bond motifs is 1. The zero-order valence-electron chi connectivity index (χ0n) is 9.78. The van der Waals surface area contributed by atoms with Crippen molar-refractivity contribution in [3.05, 3.63) is 59.9 Å². The van der Waals surface area contributed by atoms with Crippen LogP contribution in [0.2, 0.25) is 0 Å². The molecule has 0 N–H and O–H groups in total. The van der Waals surface area contributed by atoms with E-state index in [9.17, 15) is 8.78 Å². The zero-order valence-corrected chi connectivity index (χ0v) is 10.5. The molecule has 2 aromatic heterocycles. The molecule has 0 saturated carbocycles. The quantitative estimate of drug-likeness (QED) is 0.647. The van der Waals surface area contributed by atoms with Gasteiger partial charge in [-0.25, -0.2) is 13.8 Å². The Labute approximate surface area is 113 Å². The Hall–Kier alpha value is -1.94. The van der Waals surface area contributed by atoms with Gasteiger partial charge in [-0.05, 0) is 36.4 Å². The van der Waals surface area contributed by atoms with Crippen molar-refractivity contribution in [3.8, 4) is 11.3 Å². The number of halogens is 3. The third-order valence-electron chi connectivity index (χ3n) is 2.93. The molecular weight excluding hydrogens is 270 g/mol. The van der Waals surface area contributed by atoms with E-state index in [1.807, 2.05) is 0 Å². The van der Waals surface area contributed by atoms with E-state index in [4.69, 9.17) is 11.6 Å². The van der Waals surface area contributed by atoms with Gasteiger partial charge in [0.15, 0.2) is 0 Å². The lowest BCUT2D eigenvalue weighted by molar-refractivity contribution is 0.618. The number of nitrogens with zero attached hydrogens (tertiary/aromatic N) is 2. The van der Waals surface area contributed by atoms with Crippen molar-refractivity contribution in [1.29, 1.82) is 0 Å². The molecule has 3 aromatic rings. The van der Waals surface area contributed by atoms with E-state index >= 15 is 0 Å². The minimum Gasteiger partial charge on any atom is -0.299 e. The molecule has 0 radical (unpaired) electrons. The van der Waals surface area contributed by atoms with Crippen molar-refractivity contribution < 1.29 is 8.78 Å². The molecular formula is C14H9ClF2N2. The van der Waals surface area contributed by atoms with Crippen LogP contribution in [0.5, 0.6) is 0 Å². The summed E-state index contributed by atoms with van der Waals surface area (Å²) in [6, 6.07) is 8.90. The molecule has 0 saturated heterocycles. The van der Waals surface area contributed by atoms with Gasteiger partial charge in [0.1, 0.15) is 17.3 Å². The Balaban J connectivity index is 2.25. The van der Waals surface area contributed by atoms with Crippen LogP contribution in [-0.4, -0.2) is 9.38 Å². The molecule has 0 aliphatic rings. The predicted octanol–water partition coefficient (Wildman–Crippen LogP) is 4.02. The summed E-state index contributed by atoms with van der Waals surface area (Å²) in [5.74, 6) is -0.481. The number of benzene rings is 1. The average Bonchev–Trinajstić information content (AvgIpc) is 2.77. The van der Waals surface area contributed by atoms with E-state index in [1.54, 1.807) is 22.6 Å². The summed E-state index contributed by atoms with van der Waals surface area (Å²) in [7, 11) is 0. The molecule has 1 aromatic carbocycles. The maximum absolute atomic E-state index is 13.3. The Morgan fingerprint density at radius 2 is 1.68 bits per heavy atom. The highest BCUT2D eigenvalue weighted by molar-refractivity contribution is 6.17. The van der Waals surface area contributed by atoms with E-state index in [0.717, 1.165) is 5.56 Å². The van der Waals surface area contributed by atoms with Gasteiger partial charge in [0.2, 0.25) is 0 Å². The summed E-state index contributed by atoms with van der Waals surface area (Å²) in [6.07, 6.45) is 1.34. The first-order chi connectivity index (χ1) is 9.19. The average molecular weight is 279 g/mol. The normalized spacial score (nSPS) is 11.1. The molecule has 0 unspecified atom stereocenters. The molecule has 0 amide bonds. The molecule has 19 heavy (non-hydrogen) atoms. The molecule has 0 fully saturated rings. The summed E-state index contributed by atoms with van der Waals surface area (Å²) in [6.45, 7) is 0. The maximum atomic E-state index is 13.3. The number of alkyl halides is 1. The van der Waals surface area contributed by atoms with Crippen LogP contribution >= 0.6 is 11.6 Å². The smallest absolute Gasteiger partial charge is 0.139 e. The first-order valence-corrected chi connectivity index (χ1v) is 6.21. The molecule has 3 rings (SSSR count). The second-order valence-corrected chi connectivity index (χ2v) is 4.39. The topological polar surface area (TPSA) is 17.3 Å². The Morgan fingerprint density at radius 3 is 2.37 bits per heavy atom. The highest BCUT2D eigenvalue weighted by atomic mass is 35.5. The lowest BCUT2D eigenvalue weighted by Crippen LogP contribution is -1.92. The molecule has 0 bridgehead atoms. The van der Waals surface area contributed by atoms with Crippen molar-refractivity contribution in [1.82, 2.24) is 9.38 Å². The fourth-order valence-corrected chi connectivity index (χ4v) is 2.29. The molecule has 0 aliphatic heterocycles. The van der Waals surface area contributed by atoms with Crippen molar-refractivity contribution in [2.75, 3.05) is 0 Å².